The summed E-state index contributed by atoms with van der Waals surface area (Å²) in [4.78, 5) is 2.31. The van der Waals surface area contributed by atoms with E-state index in [4.69, 9.17) is 18.6 Å². The summed E-state index contributed by atoms with van der Waals surface area (Å²) in [6.07, 6.45) is 0.860. The SMILES string of the molecule is CC1(C)OB(c2ccc(C(Cc3ccc(-c4ccccc4)cc3)c3ccc(-c4ccc(N(c5ccc(B6OC(C)(C)C(C)(C)O6)cc5)c5ccc(-c6ccccc6)cc5)cc4)cc3)cc2)OC1(C)C. The molecule has 0 amide bonds. The van der Waals surface area contributed by atoms with E-state index >= 15 is 0 Å². The maximum absolute atomic E-state index is 6.42. The Kier molecular flexibility index (Phi) is 12.4. The number of rotatable bonds is 12. The van der Waals surface area contributed by atoms with Crippen LogP contribution in [0.15, 0.2) is 206 Å². The molecule has 2 aliphatic rings. The minimum atomic E-state index is -0.428. The second-order valence-electron chi connectivity index (χ2n) is 20.7. The van der Waals surface area contributed by atoms with Crippen molar-refractivity contribution in [2.24, 2.45) is 0 Å². The largest absolute Gasteiger partial charge is 0.494 e. The van der Waals surface area contributed by atoms with Crippen LogP contribution in [-0.2, 0) is 25.0 Å². The number of benzene rings is 8. The van der Waals surface area contributed by atoms with Gasteiger partial charge in [-0.3, -0.25) is 0 Å². The maximum atomic E-state index is 6.42. The van der Waals surface area contributed by atoms with E-state index in [2.05, 4.69) is 267 Å². The minimum absolute atomic E-state index is 0.134. The summed E-state index contributed by atoms with van der Waals surface area (Å²) in [6.45, 7) is 16.8. The van der Waals surface area contributed by atoms with Crippen molar-refractivity contribution in [1.82, 2.24) is 0 Å². The first-order valence-electron chi connectivity index (χ1n) is 24.3. The van der Waals surface area contributed by atoms with Crippen molar-refractivity contribution in [3.8, 4) is 33.4 Å². The summed E-state index contributed by atoms with van der Waals surface area (Å²) < 4.78 is 25.6. The van der Waals surface area contributed by atoms with Gasteiger partial charge in [0.25, 0.3) is 0 Å². The van der Waals surface area contributed by atoms with Crippen molar-refractivity contribution in [2.45, 2.75) is 90.1 Å². The van der Waals surface area contributed by atoms with Gasteiger partial charge in [-0.25, -0.2) is 0 Å². The van der Waals surface area contributed by atoms with Crippen molar-refractivity contribution in [1.29, 1.82) is 0 Å². The van der Waals surface area contributed by atoms with Gasteiger partial charge in [0.05, 0.1) is 22.4 Å². The van der Waals surface area contributed by atoms with Crippen molar-refractivity contribution >= 4 is 42.2 Å². The Morgan fingerprint density at radius 1 is 0.333 bits per heavy atom. The number of nitrogens with zero attached hydrogens (tertiary/aromatic N) is 1. The lowest BCUT2D eigenvalue weighted by Crippen LogP contribution is -2.41. The molecule has 2 aliphatic heterocycles. The number of hydrogen-bond donors (Lipinski definition) is 0. The monoisotopic (exact) mass is 905 g/mol. The van der Waals surface area contributed by atoms with Crippen LogP contribution in [0.4, 0.5) is 17.1 Å². The third kappa shape index (κ3) is 9.50. The van der Waals surface area contributed by atoms with E-state index in [-0.39, 0.29) is 5.92 Å². The molecule has 0 aromatic heterocycles. The van der Waals surface area contributed by atoms with Crippen LogP contribution in [0, 0.1) is 0 Å². The average Bonchev–Trinajstić information content (AvgIpc) is 3.73. The molecule has 0 N–H and O–H groups in total. The van der Waals surface area contributed by atoms with Gasteiger partial charge in [0.15, 0.2) is 0 Å². The molecule has 8 aromatic carbocycles. The molecule has 10 rings (SSSR count). The Balaban J connectivity index is 0.931. The molecular weight excluding hydrogens is 844 g/mol. The van der Waals surface area contributed by atoms with Gasteiger partial charge in [-0.05, 0) is 159 Å². The van der Waals surface area contributed by atoms with Crippen LogP contribution in [-0.4, -0.2) is 36.6 Å². The van der Waals surface area contributed by atoms with Crippen LogP contribution in [0.3, 0.4) is 0 Å². The van der Waals surface area contributed by atoms with Gasteiger partial charge in [-0.15, -0.1) is 0 Å². The zero-order chi connectivity index (χ0) is 48.0. The summed E-state index contributed by atoms with van der Waals surface area (Å²) in [7, 11) is -0.831. The summed E-state index contributed by atoms with van der Waals surface area (Å²) in [5.41, 5.74) is 14.5. The summed E-state index contributed by atoms with van der Waals surface area (Å²) in [5, 5.41) is 0. The van der Waals surface area contributed by atoms with E-state index in [1.807, 2.05) is 0 Å². The lowest BCUT2D eigenvalue weighted by Gasteiger charge is -2.32. The van der Waals surface area contributed by atoms with E-state index in [1.54, 1.807) is 0 Å². The Bertz CT molecular complexity index is 2960. The fourth-order valence-corrected chi connectivity index (χ4v) is 9.34. The highest BCUT2D eigenvalue weighted by Crippen LogP contribution is 2.40. The van der Waals surface area contributed by atoms with Crippen molar-refractivity contribution in [3.05, 3.63) is 223 Å². The zero-order valence-electron chi connectivity index (χ0n) is 41.1. The Labute approximate surface area is 410 Å². The minimum Gasteiger partial charge on any atom is -0.399 e. The Morgan fingerprint density at radius 2 is 0.609 bits per heavy atom. The summed E-state index contributed by atoms with van der Waals surface area (Å²) in [5.74, 6) is 0.134. The summed E-state index contributed by atoms with van der Waals surface area (Å²) in [6, 6.07) is 74.4. The molecule has 0 aliphatic carbocycles. The van der Waals surface area contributed by atoms with Gasteiger partial charge in [0.2, 0.25) is 0 Å². The van der Waals surface area contributed by atoms with Crippen LogP contribution in [0.25, 0.3) is 33.4 Å². The highest BCUT2D eigenvalue weighted by molar-refractivity contribution is 6.62. The molecule has 1 unspecified atom stereocenters. The first kappa shape index (κ1) is 46.3. The third-order valence-electron chi connectivity index (χ3n) is 15.0. The highest BCUT2D eigenvalue weighted by Gasteiger charge is 2.52. The molecule has 0 bridgehead atoms. The molecular formula is C62H61B2NO4. The molecule has 5 nitrogen and oxygen atoms in total. The Morgan fingerprint density at radius 3 is 0.971 bits per heavy atom. The molecule has 0 spiro atoms. The van der Waals surface area contributed by atoms with Gasteiger partial charge < -0.3 is 23.5 Å². The van der Waals surface area contributed by atoms with Crippen LogP contribution in [0.5, 0.6) is 0 Å². The first-order chi connectivity index (χ1) is 33.1. The molecule has 0 radical (unpaired) electrons. The standard InChI is InChI=1S/C62H61B2NO4/c1-59(2)60(3,4)67-63(66-59)53-33-27-52(28-34-53)58(43-44-19-21-47(22-20-44)45-15-11-9-12-16-45)51-25-23-48(24-26-51)50-31-39-56(40-32-50)65(55-37-29-49(30-38-55)46-17-13-10-14-18-46)57-41-35-54(36-42-57)64-68-61(5,6)62(7,8)69-64/h9-42,58H,43H2,1-8H3. The van der Waals surface area contributed by atoms with Gasteiger partial charge in [-0.2, -0.15) is 0 Å². The van der Waals surface area contributed by atoms with Crippen molar-refractivity contribution in [3.63, 3.8) is 0 Å². The molecule has 344 valence electrons. The smallest absolute Gasteiger partial charge is 0.399 e. The van der Waals surface area contributed by atoms with E-state index in [0.29, 0.717) is 0 Å². The van der Waals surface area contributed by atoms with Gasteiger partial charge >= 0.3 is 14.2 Å². The highest BCUT2D eigenvalue weighted by atomic mass is 16.7. The van der Waals surface area contributed by atoms with Crippen LogP contribution in [0.1, 0.15) is 78.0 Å². The summed E-state index contributed by atoms with van der Waals surface area (Å²) >= 11 is 0. The Hall–Kier alpha value is -6.47. The average molecular weight is 906 g/mol. The predicted octanol–water partition coefficient (Wildman–Crippen LogP) is 14.1. The zero-order valence-corrected chi connectivity index (χ0v) is 41.1. The number of hydrogen-bond acceptors (Lipinski definition) is 5. The van der Waals surface area contributed by atoms with Gasteiger partial charge in [-0.1, -0.05) is 170 Å². The molecule has 2 saturated heterocycles. The molecule has 0 saturated carbocycles. The van der Waals surface area contributed by atoms with E-state index in [1.165, 1.54) is 38.9 Å². The van der Waals surface area contributed by atoms with Crippen LogP contribution in [0.2, 0.25) is 0 Å². The molecule has 8 aromatic rings. The van der Waals surface area contributed by atoms with Crippen LogP contribution >= 0.6 is 0 Å². The molecule has 69 heavy (non-hydrogen) atoms. The lowest BCUT2D eigenvalue weighted by atomic mass is 9.77. The lowest BCUT2D eigenvalue weighted by molar-refractivity contribution is 0.00578. The van der Waals surface area contributed by atoms with E-state index in [0.717, 1.165) is 45.5 Å². The van der Waals surface area contributed by atoms with Gasteiger partial charge in [0, 0.05) is 23.0 Å². The second-order valence-corrected chi connectivity index (χ2v) is 20.7. The van der Waals surface area contributed by atoms with E-state index in [9.17, 15) is 0 Å². The van der Waals surface area contributed by atoms with E-state index < -0.39 is 36.6 Å². The number of anilines is 3. The maximum Gasteiger partial charge on any atom is 0.494 e. The molecule has 7 heteroatoms. The molecule has 2 heterocycles. The third-order valence-corrected chi connectivity index (χ3v) is 15.0. The van der Waals surface area contributed by atoms with Crippen molar-refractivity contribution < 1.29 is 18.6 Å². The van der Waals surface area contributed by atoms with Crippen molar-refractivity contribution in [2.75, 3.05) is 4.90 Å². The predicted molar refractivity (Wildman–Crippen MR) is 287 cm³/mol. The second kappa shape index (κ2) is 18.5. The molecule has 1 atom stereocenters. The normalized spacial score (nSPS) is 17.2. The van der Waals surface area contributed by atoms with Gasteiger partial charge in [0.1, 0.15) is 0 Å². The fraction of sp³-hybridized carbons (Fsp3) is 0.226. The fourth-order valence-electron chi connectivity index (χ4n) is 9.34. The quantitative estimate of drug-likeness (QED) is 0.114. The van der Waals surface area contributed by atoms with Crippen LogP contribution < -0.4 is 15.8 Å². The molecule has 2 fully saturated rings. The topological polar surface area (TPSA) is 40.2 Å². The first-order valence-corrected chi connectivity index (χ1v) is 24.3.